The minimum atomic E-state index is -2.07. The van der Waals surface area contributed by atoms with Gasteiger partial charge in [0.05, 0.1) is 49.2 Å². The zero-order valence-corrected chi connectivity index (χ0v) is 38.6. The summed E-state index contributed by atoms with van der Waals surface area (Å²) in [5, 5.41) is 56.0. The van der Waals surface area contributed by atoms with E-state index in [-0.39, 0.29) is 88.0 Å². The predicted octanol–water partition coefficient (Wildman–Crippen LogP) is 0.883. The molecule has 7 aliphatic heterocycles. The first-order valence-corrected chi connectivity index (χ1v) is 21.6. The van der Waals surface area contributed by atoms with Crippen LogP contribution in [0.5, 0.6) is 0 Å². The molecule has 322 valence electrons. The number of carboxylic acid groups (broad SMARTS) is 1. The van der Waals surface area contributed by atoms with Crippen molar-refractivity contribution in [3.05, 3.63) is 36.0 Å². The first-order valence-electron chi connectivity index (χ1n) is 21.6. The number of rotatable bonds is 10. The number of ether oxygens (including phenoxy) is 7. The Hall–Kier alpha value is -0.114. The summed E-state index contributed by atoms with van der Waals surface area (Å²) in [7, 11) is 0. The molecule has 7 rings (SSSR count). The van der Waals surface area contributed by atoms with Crippen molar-refractivity contribution < 1.29 is 115 Å². The van der Waals surface area contributed by atoms with Gasteiger partial charge in [-0.2, -0.15) is 0 Å². The van der Waals surface area contributed by atoms with E-state index in [1.54, 1.807) is 6.08 Å². The van der Waals surface area contributed by atoms with Gasteiger partial charge in [0.2, 0.25) is 5.79 Å². The monoisotopic (exact) mass is 842 g/mol. The summed E-state index contributed by atoms with van der Waals surface area (Å²) in [5.41, 5.74) is -0.677. The molecule has 0 aromatic rings. The molecular formula is C44H67KO13. The van der Waals surface area contributed by atoms with Gasteiger partial charge in [-0.05, 0) is 95.1 Å². The van der Waals surface area contributed by atoms with Crippen molar-refractivity contribution in [1.82, 2.24) is 0 Å². The van der Waals surface area contributed by atoms with Gasteiger partial charge in [0.15, 0.2) is 11.6 Å². The standard InChI is InChI=1S/C44H68O13.K/c1-25-21-34(55-44(23-25)35(46)12-11-31(54-44)24-41(6,50)40(48)49)26(2)9-10-30-14-18-43(53-30)19-15-33-39(57-43)36(47)29(5)38(52-33)32(45)22-28(4)37-27(3)13-17-42(56-37)16-7-8-20-51-42;/h9-10,23,26-28,30-39,45-47,50H,5,7-8,11-22,24H2,1-4,6H3,(H,48,49);/q;+1/p-1/t26-,27+,28+,30-,31+,32-,33+,34+,35-,36+,37-,38-,39+,41?,42-,43+,44-;/m0./s1. The molecular weight excluding hydrogens is 776 g/mol. The summed E-state index contributed by atoms with van der Waals surface area (Å²) in [5.74, 6) is -4.11. The SMILES string of the molecule is C=C1[C@@H](O)[C@@H]2O[C@]3(CC[C@H](C=C[C@H](C)[C@H]4CC(C)=C[C@]5(O[C@@H](CC(C)(O)C(=O)[O-])CC[C@@H]5O)O4)O3)CC[C@H]2O[C@@H]1[C@@H](O)C[C@@H](C)[C@H]1O[C@@]2(CCCCO2)CC[C@H]1C.[K+]. The van der Waals surface area contributed by atoms with Crippen LogP contribution >= 0.6 is 0 Å². The van der Waals surface area contributed by atoms with E-state index in [0.29, 0.717) is 56.4 Å². The molecule has 0 saturated carbocycles. The number of aliphatic hydroxyl groups excluding tert-OH is 3. The van der Waals surface area contributed by atoms with Gasteiger partial charge in [-0.25, -0.2) is 0 Å². The van der Waals surface area contributed by atoms with Gasteiger partial charge < -0.3 is 63.5 Å². The van der Waals surface area contributed by atoms with Crippen LogP contribution in [0.2, 0.25) is 0 Å². The summed E-state index contributed by atoms with van der Waals surface area (Å²) in [6.45, 7) is 14.4. The van der Waals surface area contributed by atoms with E-state index < -0.39 is 71.7 Å². The molecule has 0 aromatic heterocycles. The Morgan fingerprint density at radius 3 is 2.48 bits per heavy atom. The number of hydrogen-bond donors (Lipinski definition) is 4. The molecule has 4 N–H and O–H groups in total. The van der Waals surface area contributed by atoms with Crippen LogP contribution in [0.15, 0.2) is 36.0 Å². The van der Waals surface area contributed by atoms with Crippen LogP contribution in [0.1, 0.15) is 125 Å². The van der Waals surface area contributed by atoms with Crippen molar-refractivity contribution >= 4 is 5.97 Å². The zero-order chi connectivity index (χ0) is 40.9. The molecule has 0 aromatic carbocycles. The van der Waals surface area contributed by atoms with Gasteiger partial charge in [0, 0.05) is 38.0 Å². The van der Waals surface area contributed by atoms with E-state index in [2.05, 4.69) is 20.4 Å². The maximum absolute atomic E-state index is 11.5. The number of hydrogen-bond acceptors (Lipinski definition) is 13. The van der Waals surface area contributed by atoms with Gasteiger partial charge in [0.25, 0.3) is 0 Å². The fraction of sp³-hybridized carbons (Fsp3) is 0.841. The van der Waals surface area contributed by atoms with Gasteiger partial charge in [-0.3, -0.25) is 0 Å². The van der Waals surface area contributed by atoms with Crippen LogP contribution in [-0.4, -0.2) is 117 Å². The van der Waals surface area contributed by atoms with Gasteiger partial charge in [-0.1, -0.05) is 45.1 Å². The van der Waals surface area contributed by atoms with E-state index in [0.717, 1.165) is 50.7 Å². The maximum Gasteiger partial charge on any atom is 1.00 e. The summed E-state index contributed by atoms with van der Waals surface area (Å²) in [4.78, 5) is 11.5. The molecule has 14 heteroatoms. The van der Waals surface area contributed by atoms with Gasteiger partial charge in [-0.15, -0.1) is 0 Å². The van der Waals surface area contributed by atoms with Crippen molar-refractivity contribution in [2.24, 2.45) is 17.8 Å². The van der Waals surface area contributed by atoms with Crippen LogP contribution in [-0.2, 0) is 38.0 Å². The predicted molar refractivity (Wildman–Crippen MR) is 205 cm³/mol. The smallest absolute Gasteiger partial charge is 0.547 e. The molecule has 0 aliphatic carbocycles. The van der Waals surface area contributed by atoms with Crippen LogP contribution < -0.4 is 56.5 Å². The van der Waals surface area contributed by atoms with Crippen molar-refractivity contribution in [2.45, 2.75) is 209 Å². The Bertz CT molecular complexity index is 1510. The third-order valence-corrected chi connectivity index (χ3v) is 14.0. The molecule has 17 atom stereocenters. The molecule has 1 unspecified atom stereocenters. The van der Waals surface area contributed by atoms with Crippen molar-refractivity contribution in [3.63, 3.8) is 0 Å². The quantitative estimate of drug-likeness (QED) is 0.180. The first kappa shape index (κ1) is 47.4. The average molecular weight is 843 g/mol. The topological polar surface area (TPSA) is 186 Å². The minimum absolute atomic E-state index is 0. The second-order valence-electron chi connectivity index (χ2n) is 18.9. The molecule has 0 bridgehead atoms. The van der Waals surface area contributed by atoms with Crippen molar-refractivity contribution in [3.8, 4) is 0 Å². The van der Waals surface area contributed by atoms with Crippen LogP contribution in [0, 0.1) is 17.8 Å². The largest absolute Gasteiger partial charge is 1.00 e. The first-order chi connectivity index (χ1) is 26.9. The number of aliphatic carboxylic acids is 1. The molecule has 7 aliphatic rings. The molecule has 6 saturated heterocycles. The molecule has 0 radical (unpaired) electrons. The number of fused-ring (bicyclic) bond motifs is 1. The Morgan fingerprint density at radius 2 is 1.76 bits per heavy atom. The summed E-state index contributed by atoms with van der Waals surface area (Å²) >= 11 is 0. The third-order valence-electron chi connectivity index (χ3n) is 14.0. The van der Waals surface area contributed by atoms with E-state index in [4.69, 9.17) is 33.2 Å². The zero-order valence-electron chi connectivity index (χ0n) is 35.5. The molecule has 13 nitrogen and oxygen atoms in total. The van der Waals surface area contributed by atoms with Crippen molar-refractivity contribution in [2.75, 3.05) is 6.61 Å². The van der Waals surface area contributed by atoms with E-state index in [1.165, 1.54) is 6.92 Å². The van der Waals surface area contributed by atoms with Gasteiger partial charge >= 0.3 is 51.4 Å². The molecule has 6 fully saturated rings. The molecule has 3 spiro atoms. The third kappa shape index (κ3) is 10.1. The van der Waals surface area contributed by atoms with E-state index >= 15 is 0 Å². The van der Waals surface area contributed by atoms with Crippen LogP contribution in [0.3, 0.4) is 0 Å². The second-order valence-corrected chi connectivity index (χ2v) is 18.9. The molecule has 0 amide bonds. The second kappa shape index (κ2) is 18.9. The van der Waals surface area contributed by atoms with Crippen LogP contribution in [0.4, 0.5) is 0 Å². The molecule has 7 heterocycles. The Balaban J connectivity index is 0.00000567. The van der Waals surface area contributed by atoms with Crippen LogP contribution in [0.25, 0.3) is 0 Å². The van der Waals surface area contributed by atoms with Gasteiger partial charge in [0.1, 0.15) is 30.0 Å². The number of carbonyl (C=O) groups is 1. The average Bonchev–Trinajstić information content (AvgIpc) is 3.56. The van der Waals surface area contributed by atoms with Crippen molar-refractivity contribution in [1.29, 1.82) is 0 Å². The number of aliphatic hydroxyl groups is 4. The van der Waals surface area contributed by atoms with E-state index in [1.807, 2.05) is 26.0 Å². The Morgan fingerprint density at radius 1 is 1.02 bits per heavy atom. The minimum Gasteiger partial charge on any atom is -0.547 e. The summed E-state index contributed by atoms with van der Waals surface area (Å²) in [6, 6.07) is 0. The summed E-state index contributed by atoms with van der Waals surface area (Å²) in [6.07, 6.45) is 9.10. The maximum atomic E-state index is 11.5. The fourth-order valence-electron chi connectivity index (χ4n) is 10.5. The Kier molecular flexibility index (Phi) is 15.5. The summed E-state index contributed by atoms with van der Waals surface area (Å²) < 4.78 is 45.2. The normalized spacial score (nSPS) is 44.6. The molecule has 58 heavy (non-hydrogen) atoms. The fourth-order valence-corrected chi connectivity index (χ4v) is 10.5. The Labute approximate surface area is 386 Å². The number of carbonyl (C=O) groups excluding carboxylic acids is 1. The van der Waals surface area contributed by atoms with E-state index in [9.17, 15) is 30.3 Å². The number of carboxylic acids is 1.